The van der Waals surface area contributed by atoms with Crippen molar-refractivity contribution < 1.29 is 4.79 Å². The predicted octanol–water partition coefficient (Wildman–Crippen LogP) is 6.42. The van der Waals surface area contributed by atoms with E-state index >= 15 is 0 Å². The Morgan fingerprint density at radius 3 is 2.25 bits per heavy atom. The van der Waals surface area contributed by atoms with Gasteiger partial charge in [0.05, 0.1) is 0 Å². The van der Waals surface area contributed by atoms with E-state index in [4.69, 9.17) is 0 Å². The summed E-state index contributed by atoms with van der Waals surface area (Å²) >= 11 is 1.82. The van der Waals surface area contributed by atoms with E-state index in [0.717, 1.165) is 29.8 Å². The first-order valence-electron chi connectivity index (χ1n) is 9.79. The Balaban J connectivity index is 1.51. The molecule has 0 heterocycles. The third-order valence-corrected chi connectivity index (χ3v) is 5.87. The third kappa shape index (κ3) is 6.00. The molecule has 0 saturated carbocycles. The molecule has 0 aliphatic carbocycles. The van der Waals surface area contributed by atoms with Crippen LogP contribution in [0.25, 0.3) is 0 Å². The van der Waals surface area contributed by atoms with Gasteiger partial charge < -0.3 is 5.32 Å². The van der Waals surface area contributed by atoms with Gasteiger partial charge in [0.2, 0.25) is 5.91 Å². The lowest BCUT2D eigenvalue weighted by Crippen LogP contribution is -2.13. The molecule has 1 amide bonds. The van der Waals surface area contributed by atoms with Crippen molar-refractivity contribution in [2.75, 3.05) is 5.32 Å². The molecular formula is C25H27NOS. The van der Waals surface area contributed by atoms with Crippen LogP contribution in [0.2, 0.25) is 0 Å². The van der Waals surface area contributed by atoms with Gasteiger partial charge in [0, 0.05) is 22.8 Å². The molecule has 28 heavy (non-hydrogen) atoms. The topological polar surface area (TPSA) is 29.1 Å². The lowest BCUT2D eigenvalue weighted by Gasteiger charge is -2.11. The van der Waals surface area contributed by atoms with E-state index in [1.165, 1.54) is 21.6 Å². The number of hydrogen-bond donors (Lipinski definition) is 1. The summed E-state index contributed by atoms with van der Waals surface area (Å²) in [6.45, 7) is 4.20. The minimum atomic E-state index is 0.0640. The number of benzene rings is 3. The molecule has 2 nitrogen and oxygen atoms in total. The molecule has 0 radical (unpaired) electrons. The number of thioether (sulfide) groups is 1. The molecule has 1 N–H and O–H groups in total. The summed E-state index contributed by atoms with van der Waals surface area (Å²) < 4.78 is 0. The molecule has 0 spiro atoms. The maximum atomic E-state index is 12.3. The third-order valence-electron chi connectivity index (χ3n) is 4.79. The Labute approximate surface area is 172 Å². The van der Waals surface area contributed by atoms with Gasteiger partial charge in [-0.05, 0) is 60.2 Å². The van der Waals surface area contributed by atoms with Crippen LogP contribution in [0.3, 0.4) is 0 Å². The van der Waals surface area contributed by atoms with E-state index in [0.29, 0.717) is 6.42 Å². The number of aryl methyl sites for hydroxylation is 3. The summed E-state index contributed by atoms with van der Waals surface area (Å²) in [6.07, 6.45) is 2.30. The molecule has 0 unspecified atom stereocenters. The highest BCUT2D eigenvalue weighted by molar-refractivity contribution is 7.98. The first-order valence-corrected chi connectivity index (χ1v) is 10.8. The van der Waals surface area contributed by atoms with E-state index in [1.807, 2.05) is 23.9 Å². The number of hydrogen-bond acceptors (Lipinski definition) is 2. The van der Waals surface area contributed by atoms with Crippen LogP contribution in [0.4, 0.5) is 5.69 Å². The van der Waals surface area contributed by atoms with Crippen molar-refractivity contribution in [1.82, 2.24) is 0 Å². The molecule has 0 fully saturated rings. The Hall–Kier alpha value is -2.52. The molecule has 3 aromatic carbocycles. The molecule has 3 aromatic rings. The highest BCUT2D eigenvalue weighted by Gasteiger charge is 2.07. The van der Waals surface area contributed by atoms with Gasteiger partial charge in [-0.15, -0.1) is 11.8 Å². The van der Waals surface area contributed by atoms with Crippen LogP contribution in [0.1, 0.15) is 35.6 Å². The molecule has 0 aromatic heterocycles. The van der Waals surface area contributed by atoms with E-state index in [2.05, 4.69) is 79.8 Å². The summed E-state index contributed by atoms with van der Waals surface area (Å²) in [5.41, 5.74) is 5.80. The normalized spacial score (nSPS) is 10.6. The summed E-state index contributed by atoms with van der Waals surface area (Å²) in [5, 5.41) is 3.06. The van der Waals surface area contributed by atoms with Crippen molar-refractivity contribution in [3.05, 3.63) is 95.1 Å². The van der Waals surface area contributed by atoms with Gasteiger partial charge in [0.15, 0.2) is 0 Å². The zero-order valence-electron chi connectivity index (χ0n) is 16.6. The van der Waals surface area contributed by atoms with E-state index < -0.39 is 0 Å². The minimum Gasteiger partial charge on any atom is -0.326 e. The van der Waals surface area contributed by atoms with Gasteiger partial charge in [0.1, 0.15) is 0 Å². The van der Waals surface area contributed by atoms with E-state index in [9.17, 15) is 4.79 Å². The number of amides is 1. The van der Waals surface area contributed by atoms with Crippen LogP contribution in [0.15, 0.2) is 77.7 Å². The number of nitrogens with one attached hydrogen (secondary N) is 1. The van der Waals surface area contributed by atoms with Crippen LogP contribution < -0.4 is 5.32 Å². The smallest absolute Gasteiger partial charge is 0.224 e. The fourth-order valence-electron chi connectivity index (χ4n) is 3.05. The largest absolute Gasteiger partial charge is 0.326 e. The average Bonchev–Trinajstić information content (AvgIpc) is 2.73. The fraction of sp³-hybridized carbons (Fsp3) is 0.240. The van der Waals surface area contributed by atoms with Crippen LogP contribution in [-0.2, 0) is 23.4 Å². The Kier molecular flexibility index (Phi) is 7.32. The lowest BCUT2D eigenvalue weighted by molar-refractivity contribution is -0.116. The molecule has 144 valence electrons. The zero-order valence-corrected chi connectivity index (χ0v) is 17.4. The monoisotopic (exact) mass is 389 g/mol. The highest BCUT2D eigenvalue weighted by atomic mass is 32.2. The fourth-order valence-corrected chi connectivity index (χ4v) is 3.91. The van der Waals surface area contributed by atoms with Gasteiger partial charge in [-0.1, -0.05) is 61.5 Å². The van der Waals surface area contributed by atoms with Crippen molar-refractivity contribution in [1.29, 1.82) is 0 Å². The Morgan fingerprint density at radius 1 is 0.893 bits per heavy atom. The van der Waals surface area contributed by atoms with Crippen LogP contribution in [0, 0.1) is 6.92 Å². The average molecular weight is 390 g/mol. The minimum absolute atomic E-state index is 0.0640. The standard InChI is InChI=1S/C25H27NOS/c1-3-20-9-11-21(12-10-20)14-16-25(27)26-24-15-13-22(17-19(24)2)18-28-23-7-5-4-6-8-23/h4-13,15,17H,3,14,16,18H2,1-2H3,(H,26,27). The van der Waals surface area contributed by atoms with Crippen LogP contribution in [-0.4, -0.2) is 5.91 Å². The molecule has 0 aliphatic heterocycles. The molecule has 0 bridgehead atoms. The summed E-state index contributed by atoms with van der Waals surface area (Å²) in [7, 11) is 0. The van der Waals surface area contributed by atoms with Gasteiger partial charge in [0.25, 0.3) is 0 Å². The van der Waals surface area contributed by atoms with Crippen molar-refractivity contribution in [3.8, 4) is 0 Å². The number of carbonyl (C=O) groups is 1. The van der Waals surface area contributed by atoms with Gasteiger partial charge in [-0.2, -0.15) is 0 Å². The van der Waals surface area contributed by atoms with Crippen LogP contribution >= 0.6 is 11.8 Å². The second-order valence-electron chi connectivity index (χ2n) is 6.97. The van der Waals surface area contributed by atoms with Gasteiger partial charge in [-0.3, -0.25) is 4.79 Å². The number of carbonyl (C=O) groups excluding carboxylic acids is 1. The highest BCUT2D eigenvalue weighted by Crippen LogP contribution is 2.25. The van der Waals surface area contributed by atoms with Gasteiger partial charge >= 0.3 is 0 Å². The quantitative estimate of drug-likeness (QED) is 0.450. The molecule has 0 aliphatic rings. The van der Waals surface area contributed by atoms with Crippen molar-refractivity contribution in [2.24, 2.45) is 0 Å². The lowest BCUT2D eigenvalue weighted by atomic mass is 10.1. The first kappa shape index (κ1) is 20.2. The maximum absolute atomic E-state index is 12.3. The summed E-state index contributed by atoms with van der Waals surface area (Å²) in [5.74, 6) is 0.987. The summed E-state index contributed by atoms with van der Waals surface area (Å²) in [6, 6.07) is 25.2. The SMILES string of the molecule is CCc1ccc(CCC(=O)Nc2ccc(CSc3ccccc3)cc2C)cc1. The predicted molar refractivity (Wildman–Crippen MR) is 120 cm³/mol. The first-order chi connectivity index (χ1) is 13.6. The molecule has 3 rings (SSSR count). The van der Waals surface area contributed by atoms with Gasteiger partial charge in [-0.25, -0.2) is 0 Å². The molecular weight excluding hydrogens is 362 g/mol. The Bertz CT molecular complexity index is 904. The summed E-state index contributed by atoms with van der Waals surface area (Å²) in [4.78, 5) is 13.6. The van der Waals surface area contributed by atoms with Crippen molar-refractivity contribution >= 4 is 23.4 Å². The number of rotatable bonds is 8. The van der Waals surface area contributed by atoms with E-state index in [-0.39, 0.29) is 5.91 Å². The maximum Gasteiger partial charge on any atom is 0.224 e. The Morgan fingerprint density at radius 2 is 1.57 bits per heavy atom. The molecule has 0 atom stereocenters. The zero-order chi connectivity index (χ0) is 19.8. The van der Waals surface area contributed by atoms with Crippen molar-refractivity contribution in [3.63, 3.8) is 0 Å². The van der Waals surface area contributed by atoms with Crippen LogP contribution in [0.5, 0.6) is 0 Å². The van der Waals surface area contributed by atoms with Crippen molar-refractivity contribution in [2.45, 2.75) is 43.8 Å². The van der Waals surface area contributed by atoms with E-state index in [1.54, 1.807) is 0 Å². The molecule has 0 saturated heterocycles. The number of anilines is 1. The second kappa shape index (κ2) is 10.1. The molecule has 3 heteroatoms. The second-order valence-corrected chi connectivity index (χ2v) is 8.02.